The normalized spacial score (nSPS) is 14.4. The first kappa shape index (κ1) is 126. The van der Waals surface area contributed by atoms with Crippen molar-refractivity contribution in [3.63, 3.8) is 0 Å². The maximum atomic E-state index is 14.1. The minimum Gasteiger partial charge on any atom is -0.465 e. The Balaban J connectivity index is 0.00000131. The first-order chi connectivity index (χ1) is 64.2. The number of unbranched alkanes of at least 4 members (excludes halogenated alkanes) is 45. The molecule has 2 fully saturated rings. The summed E-state index contributed by atoms with van der Waals surface area (Å²) in [6.45, 7) is 33.9. The Labute approximate surface area is 815 Å². The molecule has 0 aromatic rings. The molecule has 774 valence electrons. The van der Waals surface area contributed by atoms with Crippen molar-refractivity contribution in [1.29, 1.82) is 0 Å². The fourth-order valence-corrected chi connectivity index (χ4v) is 20.3. The van der Waals surface area contributed by atoms with E-state index in [0.717, 1.165) is 129 Å². The fourth-order valence-electron chi connectivity index (χ4n) is 20.3. The van der Waals surface area contributed by atoms with Crippen molar-refractivity contribution >= 4 is 35.7 Å². The Kier molecular flexibility index (Phi) is 93.1. The van der Waals surface area contributed by atoms with Crippen LogP contribution in [0.25, 0.3) is 0 Å². The molecule has 0 N–H and O–H groups in total. The zero-order valence-corrected chi connectivity index (χ0v) is 89.5. The lowest BCUT2D eigenvalue weighted by Gasteiger charge is -2.33. The van der Waals surface area contributed by atoms with Gasteiger partial charge in [0.05, 0.1) is 26.4 Å². The quantitative estimate of drug-likeness (QED) is 0.0324. The molecule has 2 aliphatic heterocycles. The van der Waals surface area contributed by atoms with Gasteiger partial charge in [0.15, 0.2) is 0 Å². The molecule has 2 heterocycles. The van der Waals surface area contributed by atoms with E-state index in [2.05, 4.69) is 88.8 Å². The standard InChI is InChI=1S/C59H114N2O5.C58H112N2O5/c1-6-11-16-19-26-33-45-57(62)61(51-38-50-60-48-36-37-49-60)56(43-31-24-20-22-27-34-46-58(63)65-52-54(39-14-9-4)41-29-17-12-7-2)44-32-25-21-23-28-35-47-59(64)66-53-55(40-15-10-5)42-30-18-13-8-3;1-6-11-16-23-32-44-56(61)60(50-37-49-59-47-35-36-48-59)55(42-30-24-19-21-26-33-45-57(62)64-51-53(38-14-9-4)40-28-17-12-7-2)43-31-25-20-22-27-34-46-58(63)65-52-54(39-15-10-5)41-29-18-13-8-3/h54-56H,6-53H2,1-5H3;53-55H,6-52H2,1-5H3. The average Bonchev–Trinajstić information content (AvgIpc) is 1.20. The highest BCUT2D eigenvalue weighted by atomic mass is 16.5. The second-order valence-corrected chi connectivity index (χ2v) is 41.8. The number of carbonyl (C=O) groups excluding carboxylic acids is 6. The van der Waals surface area contributed by atoms with Crippen molar-refractivity contribution in [2.24, 2.45) is 23.7 Å². The van der Waals surface area contributed by atoms with Gasteiger partial charge in [0.2, 0.25) is 11.8 Å². The number of hydrogen-bond acceptors (Lipinski definition) is 12. The lowest BCUT2D eigenvalue weighted by atomic mass is 9.96. The van der Waals surface area contributed by atoms with Crippen LogP contribution in [0, 0.1) is 23.7 Å². The van der Waals surface area contributed by atoms with Crippen molar-refractivity contribution in [1.82, 2.24) is 19.6 Å². The third-order valence-electron chi connectivity index (χ3n) is 29.2. The Bertz CT molecular complexity index is 2360. The van der Waals surface area contributed by atoms with E-state index in [1.54, 1.807) is 0 Å². The second-order valence-electron chi connectivity index (χ2n) is 41.8. The highest BCUT2D eigenvalue weighted by molar-refractivity contribution is 5.77. The highest BCUT2D eigenvalue weighted by Crippen LogP contribution is 2.29. The topological polar surface area (TPSA) is 152 Å². The summed E-state index contributed by atoms with van der Waals surface area (Å²) in [7, 11) is 0. The van der Waals surface area contributed by atoms with Crippen LogP contribution in [0.15, 0.2) is 0 Å². The zero-order chi connectivity index (χ0) is 95.2. The van der Waals surface area contributed by atoms with E-state index in [1.807, 2.05) is 0 Å². The lowest BCUT2D eigenvalue weighted by Crippen LogP contribution is -2.42. The lowest BCUT2D eigenvalue weighted by molar-refractivity contribution is -0.146. The third-order valence-corrected chi connectivity index (χ3v) is 29.2. The summed E-state index contributed by atoms with van der Waals surface area (Å²) in [5.74, 6) is 2.89. The summed E-state index contributed by atoms with van der Waals surface area (Å²) in [6.07, 6.45) is 95.4. The predicted molar refractivity (Wildman–Crippen MR) is 562 cm³/mol. The van der Waals surface area contributed by atoms with Crippen LogP contribution in [-0.4, -0.2) is 146 Å². The van der Waals surface area contributed by atoms with Crippen molar-refractivity contribution in [3.8, 4) is 0 Å². The van der Waals surface area contributed by atoms with Gasteiger partial charge in [-0.15, -0.1) is 0 Å². The van der Waals surface area contributed by atoms with Gasteiger partial charge < -0.3 is 38.5 Å². The second kappa shape index (κ2) is 97.0. The Hall–Kier alpha value is -3.26. The summed E-state index contributed by atoms with van der Waals surface area (Å²) in [4.78, 5) is 88.5. The maximum Gasteiger partial charge on any atom is 0.305 e. The monoisotopic (exact) mass is 1850 g/mol. The molecule has 2 rings (SSSR count). The minimum absolute atomic E-state index is 0.00193. The summed E-state index contributed by atoms with van der Waals surface area (Å²) in [6, 6.07) is 0.670. The molecule has 0 saturated carbocycles. The van der Waals surface area contributed by atoms with Crippen LogP contribution in [0.5, 0.6) is 0 Å². The first-order valence-corrected chi connectivity index (χ1v) is 58.9. The van der Waals surface area contributed by atoms with E-state index < -0.39 is 0 Å². The first-order valence-electron chi connectivity index (χ1n) is 58.9. The summed E-state index contributed by atoms with van der Waals surface area (Å²) in [5.41, 5.74) is 0. The number of likely N-dealkylation sites (tertiary alicyclic amines) is 2. The number of ether oxygens (including phenoxy) is 4. The van der Waals surface area contributed by atoms with Crippen LogP contribution in [0.3, 0.4) is 0 Å². The van der Waals surface area contributed by atoms with E-state index in [4.69, 9.17) is 18.9 Å². The largest absolute Gasteiger partial charge is 0.465 e. The molecule has 2 aliphatic rings. The van der Waals surface area contributed by atoms with Crippen molar-refractivity contribution in [2.45, 2.75) is 614 Å². The number of rotatable bonds is 99. The van der Waals surface area contributed by atoms with Gasteiger partial charge in [0.25, 0.3) is 0 Å². The van der Waals surface area contributed by atoms with Gasteiger partial charge in [-0.05, 0) is 217 Å². The Morgan fingerprint density at radius 1 is 0.206 bits per heavy atom. The molecule has 2 saturated heterocycles. The van der Waals surface area contributed by atoms with Gasteiger partial charge in [0.1, 0.15) is 0 Å². The van der Waals surface area contributed by atoms with Crippen LogP contribution < -0.4 is 0 Å². The van der Waals surface area contributed by atoms with Crippen LogP contribution >= 0.6 is 0 Å². The molecule has 4 atom stereocenters. The van der Waals surface area contributed by atoms with Gasteiger partial charge in [-0.2, -0.15) is 0 Å². The van der Waals surface area contributed by atoms with Gasteiger partial charge in [-0.25, -0.2) is 0 Å². The van der Waals surface area contributed by atoms with Crippen LogP contribution in [0.2, 0.25) is 0 Å². The van der Waals surface area contributed by atoms with Gasteiger partial charge in [-0.3, -0.25) is 28.8 Å². The minimum atomic E-state index is -0.00248. The van der Waals surface area contributed by atoms with E-state index in [1.165, 1.54) is 418 Å². The molecular formula is C117H226N4O10. The Morgan fingerprint density at radius 2 is 0.382 bits per heavy atom. The summed E-state index contributed by atoms with van der Waals surface area (Å²) >= 11 is 0. The van der Waals surface area contributed by atoms with Crippen molar-refractivity contribution < 1.29 is 47.7 Å². The van der Waals surface area contributed by atoms with E-state index in [0.29, 0.717) is 113 Å². The molecule has 4 unspecified atom stereocenters. The smallest absolute Gasteiger partial charge is 0.305 e. The third kappa shape index (κ3) is 79.3. The number of carbonyl (C=O) groups is 6. The van der Waals surface area contributed by atoms with Crippen molar-refractivity contribution in [2.75, 3.05) is 78.8 Å². The average molecular weight is 1850 g/mol. The molecular weight excluding hydrogens is 1620 g/mol. The van der Waals surface area contributed by atoms with Crippen molar-refractivity contribution in [3.05, 3.63) is 0 Å². The molecule has 0 aliphatic carbocycles. The molecule has 131 heavy (non-hydrogen) atoms. The predicted octanol–water partition coefficient (Wildman–Crippen LogP) is 34.2. The summed E-state index contributed by atoms with van der Waals surface area (Å²) < 4.78 is 23.2. The molecule has 0 radical (unpaired) electrons. The molecule has 14 nitrogen and oxygen atoms in total. The number of nitrogens with zero attached hydrogens (tertiary/aromatic N) is 4. The molecule has 0 aromatic carbocycles. The van der Waals surface area contributed by atoms with Crippen LogP contribution in [0.4, 0.5) is 0 Å². The van der Waals surface area contributed by atoms with Gasteiger partial charge in [-0.1, -0.05) is 410 Å². The van der Waals surface area contributed by atoms with Crippen LogP contribution in [-0.2, 0) is 47.7 Å². The van der Waals surface area contributed by atoms with Gasteiger partial charge >= 0.3 is 23.9 Å². The SMILES string of the molecule is CCCCCCCC(=O)N(CCCN1CCCC1)C(CCCCCCCCC(=O)OCC(CCCC)CCCCCC)CCCCCCCCC(=O)OCC(CCCC)CCCCCC.CCCCCCCCC(=O)N(CCCN1CCCC1)C(CCCCCCCCC(=O)OCC(CCCC)CCCCCC)CCCCCCCCC(=O)OCC(CCCC)CCCCCC. The Morgan fingerprint density at radius 3 is 0.603 bits per heavy atom. The number of amides is 2. The fraction of sp³-hybridized carbons (Fsp3) is 0.949. The summed E-state index contributed by atoms with van der Waals surface area (Å²) in [5, 5.41) is 0. The molecule has 2 amide bonds. The van der Waals surface area contributed by atoms with Gasteiger partial charge in [0, 0.05) is 63.7 Å². The van der Waals surface area contributed by atoms with Crippen LogP contribution in [0.1, 0.15) is 602 Å². The van der Waals surface area contributed by atoms with E-state index in [9.17, 15) is 28.8 Å². The number of hydrogen-bond donors (Lipinski definition) is 0. The van der Waals surface area contributed by atoms with E-state index in [-0.39, 0.29) is 23.9 Å². The molecule has 0 bridgehead atoms. The molecule has 0 spiro atoms. The maximum absolute atomic E-state index is 14.1. The number of esters is 4. The molecule has 14 heteroatoms. The highest BCUT2D eigenvalue weighted by Gasteiger charge is 2.27. The zero-order valence-electron chi connectivity index (χ0n) is 89.5. The van der Waals surface area contributed by atoms with E-state index >= 15 is 0 Å². The molecule has 0 aromatic heterocycles.